The summed E-state index contributed by atoms with van der Waals surface area (Å²) in [5.41, 5.74) is -0.558. The van der Waals surface area contributed by atoms with Crippen LogP contribution in [0, 0.1) is 10.1 Å². The van der Waals surface area contributed by atoms with Gasteiger partial charge in [-0.25, -0.2) is 0 Å². The first-order valence-corrected chi connectivity index (χ1v) is 8.56. The largest absolute Gasteiger partial charge is 0.291 e. The Morgan fingerprint density at radius 3 is 2.15 bits per heavy atom. The topological polar surface area (TPSA) is 80.5 Å². The molecule has 1 aliphatic heterocycles. The zero-order valence-electron chi connectivity index (χ0n) is 13.9. The number of nitrogens with zero attached hydrogens (tertiary/aromatic N) is 2. The van der Waals surface area contributed by atoms with Crippen LogP contribution < -0.4 is 0 Å². The predicted molar refractivity (Wildman–Crippen MR) is 95.4 cm³/mol. The summed E-state index contributed by atoms with van der Waals surface area (Å²) in [6.07, 6.45) is 0. The van der Waals surface area contributed by atoms with Gasteiger partial charge < -0.3 is 0 Å². The van der Waals surface area contributed by atoms with Crippen LogP contribution in [0.2, 0.25) is 5.02 Å². The number of carbonyl (C=O) groups is 2. The molecule has 132 valence electrons. The van der Waals surface area contributed by atoms with Gasteiger partial charge in [0.15, 0.2) is 17.1 Å². The molecule has 2 aliphatic rings. The van der Waals surface area contributed by atoms with E-state index >= 15 is 0 Å². The van der Waals surface area contributed by atoms with Crippen LogP contribution in [-0.2, 0) is 0 Å². The Balaban J connectivity index is 2.00. The number of likely N-dealkylation sites (tertiary alicyclic amines) is 1. The summed E-state index contributed by atoms with van der Waals surface area (Å²) < 4.78 is 0. The van der Waals surface area contributed by atoms with Crippen molar-refractivity contribution >= 4 is 23.2 Å². The molecule has 26 heavy (non-hydrogen) atoms. The fourth-order valence-corrected chi connectivity index (χ4v) is 4.67. The average Bonchev–Trinajstić information content (AvgIpc) is 3.05. The van der Waals surface area contributed by atoms with E-state index in [0.29, 0.717) is 21.7 Å². The van der Waals surface area contributed by atoms with Crippen LogP contribution in [0.3, 0.4) is 0 Å². The van der Waals surface area contributed by atoms with Crippen LogP contribution in [0.5, 0.6) is 0 Å². The number of halogens is 1. The summed E-state index contributed by atoms with van der Waals surface area (Å²) in [5, 5.41) is 12.1. The van der Waals surface area contributed by atoms with E-state index in [2.05, 4.69) is 0 Å². The molecule has 0 aromatic heterocycles. The van der Waals surface area contributed by atoms with E-state index in [1.807, 2.05) is 0 Å². The fraction of sp³-hybridized carbons (Fsp3) is 0.263. The number of carbonyl (C=O) groups excluding carboxylic acids is 2. The van der Waals surface area contributed by atoms with Crippen molar-refractivity contribution in [1.29, 1.82) is 0 Å². The average molecular weight is 371 g/mol. The van der Waals surface area contributed by atoms with Crippen molar-refractivity contribution in [3.05, 3.63) is 80.4 Å². The maximum Gasteiger partial charge on any atom is 0.235 e. The smallest absolute Gasteiger partial charge is 0.235 e. The van der Waals surface area contributed by atoms with Gasteiger partial charge in [-0.1, -0.05) is 54.1 Å². The van der Waals surface area contributed by atoms with E-state index in [1.165, 1.54) is 4.90 Å². The Hall–Kier alpha value is -2.57. The van der Waals surface area contributed by atoms with E-state index < -0.39 is 34.0 Å². The van der Waals surface area contributed by atoms with Crippen molar-refractivity contribution < 1.29 is 14.5 Å². The van der Waals surface area contributed by atoms with Crippen LogP contribution >= 0.6 is 11.6 Å². The molecule has 1 fully saturated rings. The molecule has 4 rings (SSSR count). The molecular weight excluding hydrogens is 356 g/mol. The molecule has 7 heteroatoms. The van der Waals surface area contributed by atoms with Crippen molar-refractivity contribution in [2.45, 2.75) is 17.5 Å². The molecule has 0 saturated carbocycles. The van der Waals surface area contributed by atoms with Gasteiger partial charge in [-0.05, 0) is 18.7 Å². The fourth-order valence-electron chi connectivity index (χ4n) is 4.42. The van der Waals surface area contributed by atoms with Crippen LogP contribution in [0.1, 0.15) is 32.2 Å². The van der Waals surface area contributed by atoms with Crippen molar-refractivity contribution in [3.8, 4) is 0 Å². The number of nitro groups is 1. The maximum absolute atomic E-state index is 13.4. The van der Waals surface area contributed by atoms with Crippen LogP contribution in [0.25, 0.3) is 0 Å². The quantitative estimate of drug-likeness (QED) is 0.461. The number of hydrogen-bond donors (Lipinski definition) is 0. The minimum Gasteiger partial charge on any atom is -0.291 e. The third kappa shape index (κ3) is 1.97. The van der Waals surface area contributed by atoms with Crippen molar-refractivity contribution in [3.63, 3.8) is 0 Å². The first kappa shape index (κ1) is 16.9. The lowest BCUT2D eigenvalue weighted by atomic mass is 9.74. The van der Waals surface area contributed by atoms with Crippen molar-refractivity contribution in [1.82, 2.24) is 4.90 Å². The maximum atomic E-state index is 13.4. The number of benzene rings is 2. The van der Waals surface area contributed by atoms with Gasteiger partial charge in [-0.15, -0.1) is 0 Å². The molecule has 0 radical (unpaired) electrons. The van der Waals surface area contributed by atoms with Crippen molar-refractivity contribution in [2.75, 3.05) is 13.6 Å². The van der Waals surface area contributed by atoms with Gasteiger partial charge in [-0.3, -0.25) is 24.6 Å². The normalized spacial score (nSPS) is 24.2. The highest BCUT2D eigenvalue weighted by Gasteiger charge is 2.69. The van der Waals surface area contributed by atoms with Gasteiger partial charge in [0.05, 0.1) is 12.5 Å². The minimum atomic E-state index is -1.63. The summed E-state index contributed by atoms with van der Waals surface area (Å²) in [7, 11) is 1.59. The monoisotopic (exact) mass is 370 g/mol. The van der Waals surface area contributed by atoms with Crippen LogP contribution in [0.15, 0.2) is 48.5 Å². The Labute approximate surface area is 154 Å². The van der Waals surface area contributed by atoms with E-state index in [-0.39, 0.29) is 6.54 Å². The molecule has 2 aromatic carbocycles. The van der Waals surface area contributed by atoms with E-state index in [1.54, 1.807) is 55.6 Å². The Morgan fingerprint density at radius 1 is 1.08 bits per heavy atom. The molecule has 2 atom stereocenters. The summed E-state index contributed by atoms with van der Waals surface area (Å²) in [6.45, 7) is -0.00560. The summed E-state index contributed by atoms with van der Waals surface area (Å²) in [6, 6.07) is 12.2. The molecule has 0 unspecified atom stereocenters. The summed E-state index contributed by atoms with van der Waals surface area (Å²) >= 11 is 6.33. The lowest BCUT2D eigenvalue weighted by Gasteiger charge is -2.33. The number of ketones is 2. The molecule has 6 nitrogen and oxygen atoms in total. The first-order valence-electron chi connectivity index (χ1n) is 8.18. The van der Waals surface area contributed by atoms with E-state index in [0.717, 1.165) is 0 Å². The highest BCUT2D eigenvalue weighted by molar-refractivity contribution is 6.35. The van der Waals surface area contributed by atoms with E-state index in [4.69, 9.17) is 11.6 Å². The van der Waals surface area contributed by atoms with Gasteiger partial charge in [0.1, 0.15) is 0 Å². The molecule has 1 spiro atoms. The highest BCUT2D eigenvalue weighted by Crippen LogP contribution is 2.51. The van der Waals surface area contributed by atoms with Gasteiger partial charge >= 0.3 is 0 Å². The van der Waals surface area contributed by atoms with Crippen LogP contribution in [0.4, 0.5) is 0 Å². The van der Waals surface area contributed by atoms with Gasteiger partial charge in [0.25, 0.3) is 0 Å². The molecule has 0 N–H and O–H groups in total. The number of hydrogen-bond acceptors (Lipinski definition) is 5. The summed E-state index contributed by atoms with van der Waals surface area (Å²) in [4.78, 5) is 39.6. The van der Waals surface area contributed by atoms with Crippen LogP contribution in [-0.4, -0.2) is 46.6 Å². The predicted octanol–water partition coefficient (Wildman–Crippen LogP) is 2.83. The van der Waals surface area contributed by atoms with E-state index in [9.17, 15) is 19.7 Å². The third-order valence-electron chi connectivity index (χ3n) is 5.52. The first-order chi connectivity index (χ1) is 12.4. The zero-order valence-corrected chi connectivity index (χ0v) is 14.6. The molecule has 2 aromatic rings. The standard InChI is InChI=1S/C19H15ClN2O4/c1-21-10-15(22(25)26)16(13-8-4-5-9-14(13)20)19(21)17(23)11-6-2-3-7-12(11)18(19)24/h2-9,15-16H,10H2,1H3/t15-,16+/m0/s1. The molecule has 0 amide bonds. The molecule has 1 saturated heterocycles. The van der Waals surface area contributed by atoms with Gasteiger partial charge in [-0.2, -0.15) is 0 Å². The number of fused-ring (bicyclic) bond motifs is 1. The second-order valence-corrected chi connectivity index (χ2v) is 7.11. The number of likely N-dealkylation sites (N-methyl/N-ethyl adjacent to an activating group) is 1. The Kier molecular flexibility index (Phi) is 3.71. The summed E-state index contributed by atoms with van der Waals surface area (Å²) in [5.74, 6) is -1.74. The Morgan fingerprint density at radius 2 is 1.62 bits per heavy atom. The molecule has 1 heterocycles. The number of Topliss-reactive ketones (excluding diaryl/α,β-unsaturated/α-hetero) is 2. The second-order valence-electron chi connectivity index (χ2n) is 6.70. The second kappa shape index (κ2) is 5.72. The molecule has 1 aliphatic carbocycles. The molecular formula is C19H15ClN2O4. The van der Waals surface area contributed by atoms with Gasteiger partial charge in [0, 0.05) is 21.1 Å². The lowest BCUT2D eigenvalue weighted by Crippen LogP contribution is -2.55. The Bertz CT molecular complexity index is 923. The zero-order chi connectivity index (χ0) is 18.6. The third-order valence-corrected chi connectivity index (χ3v) is 5.86. The van der Waals surface area contributed by atoms with Crippen molar-refractivity contribution in [2.24, 2.45) is 0 Å². The lowest BCUT2D eigenvalue weighted by molar-refractivity contribution is -0.521. The van der Waals surface area contributed by atoms with Gasteiger partial charge in [0.2, 0.25) is 6.04 Å². The minimum absolute atomic E-state index is 0.00560. The number of rotatable bonds is 2. The SMILES string of the molecule is CN1C[C@H]([N+](=O)[O-])[C@@H](c2ccccc2Cl)C12C(=O)c1ccccc1C2=O. The molecule has 0 bridgehead atoms. The highest BCUT2D eigenvalue weighted by atomic mass is 35.5.